The number of hydrogen-bond acceptors (Lipinski definition) is 5. The Balaban J connectivity index is 2.14. The van der Waals surface area contributed by atoms with Gasteiger partial charge in [0, 0.05) is 36.8 Å². The van der Waals surface area contributed by atoms with E-state index in [9.17, 15) is 0 Å². The molecule has 3 rings (SSSR count). The van der Waals surface area contributed by atoms with E-state index < -0.39 is 0 Å². The Bertz CT molecular complexity index is 913. The Kier molecular flexibility index (Phi) is 4.92. The van der Waals surface area contributed by atoms with Gasteiger partial charge in [-0.25, -0.2) is 9.50 Å². The molecule has 0 atom stereocenters. The van der Waals surface area contributed by atoms with Crippen LogP contribution in [0.5, 0.6) is 0 Å². The molecule has 0 spiro atoms. The molecule has 130 valence electrons. The van der Waals surface area contributed by atoms with Gasteiger partial charge in [-0.15, -0.1) is 0 Å². The molecule has 3 heterocycles. The summed E-state index contributed by atoms with van der Waals surface area (Å²) >= 11 is 0. The summed E-state index contributed by atoms with van der Waals surface area (Å²) in [5.74, 6) is 0. The van der Waals surface area contributed by atoms with Gasteiger partial charge >= 0.3 is 0 Å². The molecule has 0 amide bonds. The van der Waals surface area contributed by atoms with E-state index in [1.807, 2.05) is 23.1 Å². The Morgan fingerprint density at radius 2 is 2.08 bits per heavy atom. The number of aliphatic imine (C=N–C) groups is 1. The minimum absolute atomic E-state index is 0.393. The fraction of sp³-hybridized carbons (Fsp3) is 0.333. The van der Waals surface area contributed by atoms with Crippen LogP contribution in [0.3, 0.4) is 0 Å². The molecule has 3 aromatic heterocycles. The zero-order valence-corrected chi connectivity index (χ0v) is 14.8. The summed E-state index contributed by atoms with van der Waals surface area (Å²) in [6, 6.07) is 2.34. The number of nitrogens with zero attached hydrogens (tertiary/aromatic N) is 6. The number of nitrogens with two attached hydrogens (primary N) is 1. The topological polar surface area (TPSA) is 86.4 Å². The second-order valence-corrected chi connectivity index (χ2v) is 5.82. The fourth-order valence-electron chi connectivity index (χ4n) is 2.94. The van der Waals surface area contributed by atoms with Crippen LogP contribution < -0.4 is 5.73 Å². The molecule has 0 aliphatic heterocycles. The smallest absolute Gasteiger partial charge is 0.0999 e. The molecule has 0 aliphatic carbocycles. The maximum absolute atomic E-state index is 5.74. The van der Waals surface area contributed by atoms with Crippen molar-refractivity contribution in [1.82, 2.24) is 24.4 Å². The van der Waals surface area contributed by atoms with E-state index in [1.165, 1.54) is 6.20 Å². The van der Waals surface area contributed by atoms with Crippen molar-refractivity contribution in [2.75, 3.05) is 7.05 Å². The van der Waals surface area contributed by atoms with Crippen molar-refractivity contribution in [2.45, 2.75) is 32.7 Å². The molecule has 0 aromatic carbocycles. The van der Waals surface area contributed by atoms with Crippen molar-refractivity contribution in [3.8, 4) is 11.3 Å². The van der Waals surface area contributed by atoms with Crippen molar-refractivity contribution in [3.05, 3.63) is 42.7 Å². The number of fused-ring (bicyclic) bond motifs is 1. The largest absolute Gasteiger partial charge is 0.404 e. The zero-order valence-electron chi connectivity index (χ0n) is 14.8. The summed E-state index contributed by atoms with van der Waals surface area (Å²) in [6.07, 6.45) is 12.8. The summed E-state index contributed by atoms with van der Waals surface area (Å²) in [5, 5.41) is 8.89. The highest BCUT2D eigenvalue weighted by atomic mass is 15.3. The molecule has 0 fully saturated rings. The SMILES string of the molecule is CCC(CC)n1cc(-c2nc(C(C=NC)=CN)cn3nccc23)cn1. The summed E-state index contributed by atoms with van der Waals surface area (Å²) in [4.78, 5) is 8.85. The first kappa shape index (κ1) is 16.9. The van der Waals surface area contributed by atoms with Crippen molar-refractivity contribution in [3.63, 3.8) is 0 Å². The van der Waals surface area contributed by atoms with E-state index in [0.717, 1.165) is 40.9 Å². The van der Waals surface area contributed by atoms with Crippen LogP contribution in [0.15, 0.2) is 42.0 Å². The van der Waals surface area contributed by atoms with Crippen LogP contribution in [-0.2, 0) is 0 Å². The van der Waals surface area contributed by atoms with Gasteiger partial charge in [-0.1, -0.05) is 13.8 Å². The highest BCUT2D eigenvalue weighted by molar-refractivity contribution is 6.09. The number of rotatable bonds is 6. The second kappa shape index (κ2) is 7.29. The maximum atomic E-state index is 5.74. The van der Waals surface area contributed by atoms with Gasteiger partial charge in [0.1, 0.15) is 0 Å². The highest BCUT2D eigenvalue weighted by Crippen LogP contribution is 2.26. The third kappa shape index (κ3) is 3.17. The van der Waals surface area contributed by atoms with Crippen LogP contribution in [0, 0.1) is 0 Å². The third-order valence-electron chi connectivity index (χ3n) is 4.32. The van der Waals surface area contributed by atoms with E-state index in [-0.39, 0.29) is 0 Å². The lowest BCUT2D eigenvalue weighted by molar-refractivity contribution is 0.428. The first-order valence-electron chi connectivity index (χ1n) is 8.45. The third-order valence-corrected chi connectivity index (χ3v) is 4.32. The van der Waals surface area contributed by atoms with E-state index in [1.54, 1.807) is 24.0 Å². The van der Waals surface area contributed by atoms with Crippen LogP contribution >= 0.6 is 0 Å². The fourth-order valence-corrected chi connectivity index (χ4v) is 2.94. The summed E-state index contributed by atoms with van der Waals surface area (Å²) in [5.41, 5.74) is 9.92. The minimum Gasteiger partial charge on any atom is -0.404 e. The van der Waals surface area contributed by atoms with Gasteiger partial charge in [-0.2, -0.15) is 10.2 Å². The predicted molar refractivity (Wildman–Crippen MR) is 100 cm³/mol. The summed E-state index contributed by atoms with van der Waals surface area (Å²) < 4.78 is 3.82. The van der Waals surface area contributed by atoms with Crippen molar-refractivity contribution in [2.24, 2.45) is 10.7 Å². The van der Waals surface area contributed by atoms with Gasteiger partial charge in [0.2, 0.25) is 0 Å². The Morgan fingerprint density at radius 3 is 2.76 bits per heavy atom. The molecule has 7 nitrogen and oxygen atoms in total. The van der Waals surface area contributed by atoms with E-state index >= 15 is 0 Å². The monoisotopic (exact) mass is 337 g/mol. The second-order valence-electron chi connectivity index (χ2n) is 5.82. The van der Waals surface area contributed by atoms with Crippen molar-refractivity contribution in [1.29, 1.82) is 0 Å². The van der Waals surface area contributed by atoms with Crippen molar-refractivity contribution < 1.29 is 0 Å². The van der Waals surface area contributed by atoms with Gasteiger partial charge in [0.25, 0.3) is 0 Å². The van der Waals surface area contributed by atoms with E-state index in [0.29, 0.717) is 6.04 Å². The summed E-state index contributed by atoms with van der Waals surface area (Å²) in [6.45, 7) is 4.35. The van der Waals surface area contributed by atoms with Gasteiger partial charge in [-0.05, 0) is 18.9 Å². The molecule has 25 heavy (non-hydrogen) atoms. The first-order chi connectivity index (χ1) is 12.2. The van der Waals surface area contributed by atoms with Crippen LogP contribution in [0.25, 0.3) is 22.3 Å². The Hall–Kier alpha value is -2.96. The lowest BCUT2D eigenvalue weighted by Gasteiger charge is -2.12. The molecule has 0 unspecified atom stereocenters. The van der Waals surface area contributed by atoms with Gasteiger partial charge in [-0.3, -0.25) is 9.67 Å². The maximum Gasteiger partial charge on any atom is 0.0999 e. The lowest BCUT2D eigenvalue weighted by atomic mass is 10.1. The van der Waals surface area contributed by atoms with Gasteiger partial charge in [0.15, 0.2) is 0 Å². The summed E-state index contributed by atoms with van der Waals surface area (Å²) in [7, 11) is 1.70. The van der Waals surface area contributed by atoms with Gasteiger partial charge < -0.3 is 5.73 Å². The highest BCUT2D eigenvalue weighted by Gasteiger charge is 2.15. The predicted octanol–water partition coefficient (Wildman–Crippen LogP) is 2.95. The normalized spacial score (nSPS) is 12.7. The molecule has 0 saturated carbocycles. The Morgan fingerprint density at radius 1 is 1.28 bits per heavy atom. The molecule has 0 aliphatic rings. The molecule has 2 N–H and O–H groups in total. The van der Waals surface area contributed by atoms with E-state index in [4.69, 9.17) is 10.7 Å². The average molecular weight is 337 g/mol. The molecular weight excluding hydrogens is 314 g/mol. The minimum atomic E-state index is 0.393. The molecular formula is C18H23N7. The number of aromatic nitrogens is 5. The molecule has 7 heteroatoms. The quantitative estimate of drug-likeness (QED) is 0.701. The number of allylic oxidation sites excluding steroid dienone is 1. The average Bonchev–Trinajstić information content (AvgIpc) is 3.29. The van der Waals surface area contributed by atoms with Crippen LogP contribution in [-0.4, -0.2) is 37.6 Å². The standard InChI is InChI=1S/C18H23N7/c1-4-15(5-2)24-11-14(10-22-24)18-17-6-7-21-25(17)12-16(23-18)13(8-19)9-20-3/h6-12,15H,4-5,19H2,1-3H3. The lowest BCUT2D eigenvalue weighted by Crippen LogP contribution is -2.06. The molecule has 0 radical (unpaired) electrons. The molecule has 0 bridgehead atoms. The van der Waals surface area contributed by atoms with E-state index in [2.05, 4.69) is 35.2 Å². The van der Waals surface area contributed by atoms with Crippen molar-refractivity contribution >= 4 is 17.3 Å². The molecule has 0 saturated heterocycles. The Labute approximate surface area is 146 Å². The van der Waals surface area contributed by atoms with Crippen LogP contribution in [0.2, 0.25) is 0 Å². The van der Waals surface area contributed by atoms with Crippen LogP contribution in [0.1, 0.15) is 38.4 Å². The first-order valence-corrected chi connectivity index (χ1v) is 8.45. The molecule has 3 aromatic rings. The zero-order chi connectivity index (χ0) is 17.8. The number of hydrogen-bond donors (Lipinski definition) is 1. The van der Waals surface area contributed by atoms with Gasteiger partial charge in [0.05, 0.1) is 41.5 Å². The van der Waals surface area contributed by atoms with Crippen LogP contribution in [0.4, 0.5) is 0 Å².